The van der Waals surface area contributed by atoms with Crippen LogP contribution in [0.2, 0.25) is 0 Å². The predicted octanol–water partition coefficient (Wildman–Crippen LogP) is 2.63. The molecular weight excluding hydrogens is 244 g/mol. The van der Waals surface area contributed by atoms with Crippen molar-refractivity contribution in [1.82, 2.24) is 5.32 Å². The number of methoxy groups -OCH3 is 1. The SMILES string of the molecule is COc1cccc(NC(=O)OCCCNC(C)C)c1. The van der Waals surface area contributed by atoms with Gasteiger partial charge in [-0.2, -0.15) is 0 Å². The maximum Gasteiger partial charge on any atom is 0.411 e. The van der Waals surface area contributed by atoms with E-state index in [1.54, 1.807) is 25.3 Å². The molecule has 0 spiro atoms. The van der Waals surface area contributed by atoms with Crippen LogP contribution < -0.4 is 15.4 Å². The molecule has 0 radical (unpaired) electrons. The van der Waals surface area contributed by atoms with Crippen LogP contribution in [0.25, 0.3) is 0 Å². The van der Waals surface area contributed by atoms with Crippen molar-refractivity contribution < 1.29 is 14.3 Å². The van der Waals surface area contributed by atoms with Crippen LogP contribution in [-0.4, -0.2) is 32.4 Å². The van der Waals surface area contributed by atoms with Crippen LogP contribution in [0.3, 0.4) is 0 Å². The number of hydrogen-bond donors (Lipinski definition) is 2. The fourth-order valence-corrected chi connectivity index (χ4v) is 1.48. The molecule has 2 N–H and O–H groups in total. The van der Waals surface area contributed by atoms with Crippen molar-refractivity contribution in [2.45, 2.75) is 26.3 Å². The highest BCUT2D eigenvalue weighted by Crippen LogP contribution is 2.16. The molecule has 1 amide bonds. The minimum atomic E-state index is -0.446. The van der Waals surface area contributed by atoms with Crippen LogP contribution in [0.4, 0.5) is 10.5 Å². The topological polar surface area (TPSA) is 59.6 Å². The molecule has 0 atom stereocenters. The molecule has 0 aliphatic carbocycles. The number of benzene rings is 1. The summed E-state index contributed by atoms with van der Waals surface area (Å²) in [6.07, 6.45) is 0.349. The first kappa shape index (κ1) is 15.3. The zero-order chi connectivity index (χ0) is 14.1. The summed E-state index contributed by atoms with van der Waals surface area (Å²) >= 11 is 0. The summed E-state index contributed by atoms with van der Waals surface area (Å²) in [5, 5.41) is 5.91. The standard InChI is InChI=1S/C14H22N2O3/c1-11(2)15-8-5-9-19-14(17)16-12-6-4-7-13(10-12)18-3/h4,6-7,10-11,15H,5,8-9H2,1-3H3,(H,16,17). The number of carbonyl (C=O) groups excluding carboxylic acids is 1. The summed E-state index contributed by atoms with van der Waals surface area (Å²) in [6, 6.07) is 7.59. The van der Waals surface area contributed by atoms with Gasteiger partial charge in [-0.1, -0.05) is 19.9 Å². The Kier molecular flexibility index (Phi) is 6.74. The van der Waals surface area contributed by atoms with Crippen molar-refractivity contribution in [3.05, 3.63) is 24.3 Å². The second-order valence-corrected chi connectivity index (χ2v) is 4.46. The maximum atomic E-state index is 11.5. The number of hydrogen-bond acceptors (Lipinski definition) is 4. The van der Waals surface area contributed by atoms with Gasteiger partial charge >= 0.3 is 6.09 Å². The first-order valence-corrected chi connectivity index (χ1v) is 6.43. The van der Waals surface area contributed by atoms with Gasteiger partial charge in [0.15, 0.2) is 0 Å². The maximum absolute atomic E-state index is 11.5. The molecule has 1 aromatic rings. The molecule has 5 heteroatoms. The molecule has 0 aliphatic rings. The second kappa shape index (κ2) is 8.37. The number of rotatable bonds is 7. The quantitative estimate of drug-likeness (QED) is 0.745. The number of amides is 1. The first-order chi connectivity index (χ1) is 9.11. The Bertz CT molecular complexity index is 394. The summed E-state index contributed by atoms with van der Waals surface area (Å²) in [4.78, 5) is 11.5. The lowest BCUT2D eigenvalue weighted by Crippen LogP contribution is -2.25. The number of ether oxygens (including phenoxy) is 2. The van der Waals surface area contributed by atoms with E-state index in [1.807, 2.05) is 6.07 Å². The Morgan fingerprint density at radius 2 is 2.16 bits per heavy atom. The monoisotopic (exact) mass is 266 g/mol. The van der Waals surface area contributed by atoms with E-state index in [4.69, 9.17) is 9.47 Å². The molecule has 0 saturated heterocycles. The fourth-order valence-electron chi connectivity index (χ4n) is 1.48. The minimum absolute atomic E-state index is 0.398. The summed E-state index contributed by atoms with van der Waals surface area (Å²) in [6.45, 7) is 5.40. The molecular formula is C14H22N2O3. The Labute approximate surface area is 114 Å². The van der Waals surface area contributed by atoms with Crippen molar-refractivity contribution in [2.24, 2.45) is 0 Å². The van der Waals surface area contributed by atoms with Crippen LogP contribution in [0.1, 0.15) is 20.3 Å². The molecule has 1 aromatic carbocycles. The zero-order valence-electron chi connectivity index (χ0n) is 11.7. The molecule has 0 aliphatic heterocycles. The molecule has 19 heavy (non-hydrogen) atoms. The van der Waals surface area contributed by atoms with E-state index < -0.39 is 6.09 Å². The first-order valence-electron chi connectivity index (χ1n) is 6.43. The highest BCUT2D eigenvalue weighted by atomic mass is 16.5. The molecule has 5 nitrogen and oxygen atoms in total. The molecule has 0 heterocycles. The van der Waals surface area contributed by atoms with Crippen LogP contribution in [0, 0.1) is 0 Å². The van der Waals surface area contributed by atoms with Gasteiger partial charge in [0.25, 0.3) is 0 Å². The van der Waals surface area contributed by atoms with Gasteiger partial charge in [0.1, 0.15) is 5.75 Å². The van der Waals surface area contributed by atoms with Gasteiger partial charge in [0.2, 0.25) is 0 Å². The van der Waals surface area contributed by atoms with Crippen molar-refractivity contribution in [3.63, 3.8) is 0 Å². The smallest absolute Gasteiger partial charge is 0.411 e. The van der Waals surface area contributed by atoms with Crippen LogP contribution >= 0.6 is 0 Å². The number of carbonyl (C=O) groups is 1. The van der Waals surface area contributed by atoms with E-state index in [9.17, 15) is 4.79 Å². The van der Waals surface area contributed by atoms with Crippen molar-refractivity contribution in [2.75, 3.05) is 25.6 Å². The van der Waals surface area contributed by atoms with Crippen molar-refractivity contribution in [1.29, 1.82) is 0 Å². The van der Waals surface area contributed by atoms with E-state index >= 15 is 0 Å². The second-order valence-electron chi connectivity index (χ2n) is 4.46. The fraction of sp³-hybridized carbons (Fsp3) is 0.500. The van der Waals surface area contributed by atoms with Crippen LogP contribution in [-0.2, 0) is 4.74 Å². The van der Waals surface area contributed by atoms with Crippen molar-refractivity contribution >= 4 is 11.8 Å². The van der Waals surface area contributed by atoms with Gasteiger partial charge < -0.3 is 14.8 Å². The molecule has 0 bridgehead atoms. The average Bonchev–Trinajstić information content (AvgIpc) is 2.38. The molecule has 0 unspecified atom stereocenters. The Morgan fingerprint density at radius 1 is 1.37 bits per heavy atom. The third-order valence-electron chi connectivity index (χ3n) is 2.42. The van der Waals surface area contributed by atoms with Gasteiger partial charge in [-0.25, -0.2) is 4.79 Å². The predicted molar refractivity (Wildman–Crippen MR) is 75.7 cm³/mol. The third-order valence-corrected chi connectivity index (χ3v) is 2.42. The number of nitrogens with one attached hydrogen (secondary N) is 2. The van der Waals surface area contributed by atoms with Gasteiger partial charge in [-0.15, -0.1) is 0 Å². The normalized spacial score (nSPS) is 10.3. The van der Waals surface area contributed by atoms with Gasteiger partial charge in [-0.05, 0) is 25.1 Å². The Hall–Kier alpha value is -1.75. The molecule has 0 fully saturated rings. The average molecular weight is 266 g/mol. The van der Waals surface area contributed by atoms with Crippen molar-refractivity contribution in [3.8, 4) is 5.75 Å². The molecule has 0 aromatic heterocycles. The van der Waals surface area contributed by atoms with E-state index in [0.29, 0.717) is 24.1 Å². The highest BCUT2D eigenvalue weighted by molar-refractivity contribution is 5.84. The molecule has 106 valence electrons. The Balaban J connectivity index is 2.23. The largest absolute Gasteiger partial charge is 0.497 e. The third kappa shape index (κ3) is 6.67. The lowest BCUT2D eigenvalue weighted by molar-refractivity contribution is 0.160. The van der Waals surface area contributed by atoms with Crippen LogP contribution in [0.15, 0.2) is 24.3 Å². The van der Waals surface area contributed by atoms with E-state index in [0.717, 1.165) is 13.0 Å². The summed E-state index contributed by atoms with van der Waals surface area (Å²) < 4.78 is 10.1. The van der Waals surface area contributed by atoms with E-state index in [-0.39, 0.29) is 0 Å². The molecule has 0 saturated carbocycles. The van der Waals surface area contributed by atoms with Gasteiger partial charge in [0.05, 0.1) is 13.7 Å². The molecule has 1 rings (SSSR count). The highest BCUT2D eigenvalue weighted by Gasteiger charge is 2.03. The van der Waals surface area contributed by atoms with E-state index in [2.05, 4.69) is 24.5 Å². The zero-order valence-corrected chi connectivity index (χ0v) is 11.7. The lowest BCUT2D eigenvalue weighted by atomic mass is 10.3. The summed E-state index contributed by atoms with van der Waals surface area (Å²) in [5.41, 5.74) is 0.657. The number of anilines is 1. The van der Waals surface area contributed by atoms with E-state index in [1.165, 1.54) is 0 Å². The lowest BCUT2D eigenvalue weighted by Gasteiger charge is -2.09. The van der Waals surface area contributed by atoms with Gasteiger partial charge in [-0.3, -0.25) is 5.32 Å². The minimum Gasteiger partial charge on any atom is -0.497 e. The Morgan fingerprint density at radius 3 is 2.84 bits per heavy atom. The van der Waals surface area contributed by atoms with Crippen LogP contribution in [0.5, 0.6) is 5.75 Å². The summed E-state index contributed by atoms with van der Waals surface area (Å²) in [7, 11) is 1.58. The van der Waals surface area contributed by atoms with Gasteiger partial charge in [0, 0.05) is 17.8 Å². The summed E-state index contributed by atoms with van der Waals surface area (Å²) in [5.74, 6) is 0.693.